The van der Waals surface area contributed by atoms with Crippen LogP contribution in [0.4, 0.5) is 0 Å². The summed E-state index contributed by atoms with van der Waals surface area (Å²) in [5.41, 5.74) is 2.29. The number of fused-ring (bicyclic) bond motifs is 1. The number of likely N-dealkylation sites (tertiary alicyclic amines) is 1. The molecular weight excluding hydrogens is 266 g/mol. The van der Waals surface area contributed by atoms with Crippen LogP contribution in [0.25, 0.3) is 11.0 Å². The summed E-state index contributed by atoms with van der Waals surface area (Å²) in [5.74, 6) is 0. The van der Waals surface area contributed by atoms with Crippen LogP contribution < -0.4 is 5.56 Å². The molecule has 1 aliphatic rings. The first kappa shape index (κ1) is 14.3. The van der Waals surface area contributed by atoms with E-state index in [0.29, 0.717) is 11.6 Å². The van der Waals surface area contributed by atoms with E-state index in [-0.39, 0.29) is 5.56 Å². The molecule has 2 aromatic rings. The highest BCUT2D eigenvalue weighted by Crippen LogP contribution is 2.18. The lowest BCUT2D eigenvalue weighted by Crippen LogP contribution is -2.29. The molecule has 1 atom stereocenters. The van der Waals surface area contributed by atoms with Gasteiger partial charge in [0.1, 0.15) is 5.52 Å². The molecule has 0 spiro atoms. The minimum absolute atomic E-state index is 0.0235. The zero-order valence-electron chi connectivity index (χ0n) is 13.0. The maximum absolute atomic E-state index is 12.6. The molecule has 0 aromatic carbocycles. The molecule has 1 saturated heterocycles. The van der Waals surface area contributed by atoms with Crippen LogP contribution in [0.1, 0.15) is 31.9 Å². The Morgan fingerprint density at radius 2 is 2.19 bits per heavy atom. The van der Waals surface area contributed by atoms with Gasteiger partial charge in [-0.05, 0) is 39.3 Å². The van der Waals surface area contributed by atoms with Crippen molar-refractivity contribution in [3.05, 3.63) is 22.4 Å². The normalized spacial score (nSPS) is 19.7. The highest BCUT2D eigenvalue weighted by Gasteiger charge is 2.21. The molecular formula is C15H23N5O. The van der Waals surface area contributed by atoms with Gasteiger partial charge in [-0.1, -0.05) is 6.92 Å². The Hall–Kier alpha value is -1.69. The monoisotopic (exact) mass is 289 g/mol. The van der Waals surface area contributed by atoms with Crippen LogP contribution in [0, 0.1) is 0 Å². The Balaban J connectivity index is 1.88. The summed E-state index contributed by atoms with van der Waals surface area (Å²) in [7, 11) is 3.98. The fourth-order valence-electron chi connectivity index (χ4n) is 3.29. The van der Waals surface area contributed by atoms with Crippen molar-refractivity contribution in [1.82, 2.24) is 24.2 Å². The third kappa shape index (κ3) is 2.48. The summed E-state index contributed by atoms with van der Waals surface area (Å²) in [6.07, 6.45) is 5.96. The van der Waals surface area contributed by atoms with Crippen LogP contribution in [-0.2, 0) is 20.0 Å². The summed E-state index contributed by atoms with van der Waals surface area (Å²) in [6, 6.07) is 0.588. The smallest absolute Gasteiger partial charge is 0.279 e. The van der Waals surface area contributed by atoms with Crippen molar-refractivity contribution >= 4 is 11.0 Å². The molecule has 6 nitrogen and oxygen atoms in total. The van der Waals surface area contributed by atoms with Crippen molar-refractivity contribution in [2.24, 2.45) is 7.05 Å². The fourth-order valence-corrected chi connectivity index (χ4v) is 3.29. The second-order valence-electron chi connectivity index (χ2n) is 5.93. The third-order valence-electron chi connectivity index (χ3n) is 4.59. The van der Waals surface area contributed by atoms with Crippen LogP contribution in [0.2, 0.25) is 0 Å². The predicted octanol–water partition coefficient (Wildman–Crippen LogP) is 1.18. The summed E-state index contributed by atoms with van der Waals surface area (Å²) in [5, 5.41) is 4.39. The molecule has 6 heteroatoms. The van der Waals surface area contributed by atoms with E-state index in [2.05, 4.69) is 22.0 Å². The van der Waals surface area contributed by atoms with Gasteiger partial charge in [0.05, 0.1) is 12.0 Å². The Kier molecular flexibility index (Phi) is 3.80. The first-order valence-corrected chi connectivity index (χ1v) is 7.73. The van der Waals surface area contributed by atoms with Crippen molar-refractivity contribution < 1.29 is 0 Å². The molecule has 3 rings (SSSR count). The van der Waals surface area contributed by atoms with Crippen molar-refractivity contribution in [2.45, 2.75) is 45.2 Å². The molecule has 3 heterocycles. The summed E-state index contributed by atoms with van der Waals surface area (Å²) in [6.45, 7) is 3.92. The molecule has 1 aliphatic heterocycles. The number of nitrogens with zero attached hydrogens (tertiary/aromatic N) is 5. The SMILES string of the molecule is CCc1nn(C)c2c(=O)n(CCC3CCCN3C)cnc12. The first-order chi connectivity index (χ1) is 10.1. The zero-order valence-corrected chi connectivity index (χ0v) is 13.0. The Labute approximate surface area is 124 Å². The maximum atomic E-state index is 12.6. The van der Waals surface area contributed by atoms with Gasteiger partial charge in [0, 0.05) is 19.6 Å². The highest BCUT2D eigenvalue weighted by atomic mass is 16.1. The largest absolute Gasteiger partial charge is 0.303 e. The van der Waals surface area contributed by atoms with Gasteiger partial charge in [0.2, 0.25) is 0 Å². The third-order valence-corrected chi connectivity index (χ3v) is 4.59. The van der Waals surface area contributed by atoms with Crippen LogP contribution in [-0.4, -0.2) is 43.9 Å². The average Bonchev–Trinajstić information content (AvgIpc) is 3.02. The van der Waals surface area contributed by atoms with Gasteiger partial charge in [0.25, 0.3) is 5.56 Å². The van der Waals surface area contributed by atoms with Gasteiger partial charge in [-0.15, -0.1) is 0 Å². The summed E-state index contributed by atoms with van der Waals surface area (Å²) in [4.78, 5) is 19.5. The van der Waals surface area contributed by atoms with Crippen molar-refractivity contribution in [3.8, 4) is 0 Å². The molecule has 0 bridgehead atoms. The molecule has 0 aliphatic carbocycles. The Morgan fingerprint density at radius 1 is 1.38 bits per heavy atom. The minimum Gasteiger partial charge on any atom is -0.303 e. The van der Waals surface area contributed by atoms with E-state index < -0.39 is 0 Å². The van der Waals surface area contributed by atoms with Gasteiger partial charge < -0.3 is 4.90 Å². The minimum atomic E-state index is 0.0235. The highest BCUT2D eigenvalue weighted by molar-refractivity contribution is 5.76. The van der Waals surface area contributed by atoms with Gasteiger partial charge >= 0.3 is 0 Å². The number of hydrogen-bond donors (Lipinski definition) is 0. The second-order valence-corrected chi connectivity index (χ2v) is 5.93. The van der Waals surface area contributed by atoms with E-state index in [4.69, 9.17) is 0 Å². The lowest BCUT2D eigenvalue weighted by atomic mass is 10.1. The molecule has 0 N–H and O–H groups in total. The number of rotatable bonds is 4. The van der Waals surface area contributed by atoms with Gasteiger partial charge in [0.15, 0.2) is 5.52 Å². The van der Waals surface area contributed by atoms with Gasteiger partial charge in [-0.3, -0.25) is 14.0 Å². The maximum Gasteiger partial charge on any atom is 0.279 e. The molecule has 0 amide bonds. The van der Waals surface area contributed by atoms with E-state index >= 15 is 0 Å². The fraction of sp³-hybridized carbons (Fsp3) is 0.667. The molecule has 0 radical (unpaired) electrons. The quantitative estimate of drug-likeness (QED) is 0.848. The van der Waals surface area contributed by atoms with E-state index in [1.807, 2.05) is 14.0 Å². The topological polar surface area (TPSA) is 56.0 Å². The number of aryl methyl sites for hydroxylation is 3. The van der Waals surface area contributed by atoms with Crippen molar-refractivity contribution in [3.63, 3.8) is 0 Å². The zero-order chi connectivity index (χ0) is 15.0. The summed E-state index contributed by atoms with van der Waals surface area (Å²) >= 11 is 0. The van der Waals surface area contributed by atoms with Crippen molar-refractivity contribution in [1.29, 1.82) is 0 Å². The number of aromatic nitrogens is 4. The van der Waals surface area contributed by atoms with E-state index in [1.165, 1.54) is 19.4 Å². The van der Waals surface area contributed by atoms with Gasteiger partial charge in [-0.25, -0.2) is 4.98 Å². The molecule has 0 saturated carbocycles. The first-order valence-electron chi connectivity index (χ1n) is 7.73. The molecule has 114 valence electrons. The van der Waals surface area contributed by atoms with Gasteiger partial charge in [-0.2, -0.15) is 5.10 Å². The van der Waals surface area contributed by atoms with Crippen LogP contribution in [0.15, 0.2) is 11.1 Å². The van der Waals surface area contributed by atoms with Crippen LogP contribution in [0.5, 0.6) is 0 Å². The summed E-state index contributed by atoms with van der Waals surface area (Å²) < 4.78 is 3.40. The Morgan fingerprint density at radius 3 is 2.86 bits per heavy atom. The molecule has 2 aromatic heterocycles. The predicted molar refractivity (Wildman–Crippen MR) is 82.4 cm³/mol. The van der Waals surface area contributed by atoms with Crippen molar-refractivity contribution in [2.75, 3.05) is 13.6 Å². The molecule has 1 unspecified atom stereocenters. The van der Waals surface area contributed by atoms with E-state index in [9.17, 15) is 4.79 Å². The van der Waals surface area contributed by atoms with E-state index in [0.717, 1.165) is 30.6 Å². The average molecular weight is 289 g/mol. The van der Waals surface area contributed by atoms with Crippen LogP contribution in [0.3, 0.4) is 0 Å². The molecule has 1 fully saturated rings. The van der Waals surface area contributed by atoms with E-state index in [1.54, 1.807) is 15.6 Å². The lowest BCUT2D eigenvalue weighted by Gasteiger charge is -2.19. The molecule has 21 heavy (non-hydrogen) atoms. The number of hydrogen-bond acceptors (Lipinski definition) is 4. The second kappa shape index (κ2) is 5.60. The lowest BCUT2D eigenvalue weighted by molar-refractivity contribution is 0.285. The van der Waals surface area contributed by atoms with Crippen LogP contribution >= 0.6 is 0 Å². The standard InChI is InChI=1S/C15H23N5O/c1-4-12-13-14(19(3)17-12)15(21)20(10-16-13)9-7-11-6-5-8-18(11)2/h10-11H,4-9H2,1-3H3. The Bertz CT molecular complexity index is 702.